The second-order valence-corrected chi connectivity index (χ2v) is 26.0. The van der Waals surface area contributed by atoms with Gasteiger partial charge in [0.1, 0.15) is 55.5 Å². The number of aromatic nitrogens is 3. The molecule has 2 aromatic heterocycles. The van der Waals surface area contributed by atoms with Crippen molar-refractivity contribution in [3.63, 3.8) is 0 Å². The number of nitrogens with zero attached hydrogens (tertiary/aromatic N) is 6. The molecule has 2 aromatic carbocycles. The molecule has 0 spiro atoms. The Morgan fingerprint density at radius 3 is 2.24 bits per heavy atom. The predicted octanol–water partition coefficient (Wildman–Crippen LogP) is 9.46. The van der Waals surface area contributed by atoms with E-state index in [2.05, 4.69) is 62.8 Å². The van der Waals surface area contributed by atoms with Gasteiger partial charge >= 0.3 is 18.1 Å². The number of halogens is 2. The lowest BCUT2D eigenvalue weighted by Gasteiger charge is -2.42. The van der Waals surface area contributed by atoms with Crippen molar-refractivity contribution in [1.29, 1.82) is 0 Å². The number of hydrogen-bond acceptors (Lipinski definition) is 12. The van der Waals surface area contributed by atoms with Gasteiger partial charge in [0.05, 0.1) is 29.6 Å². The van der Waals surface area contributed by atoms with E-state index in [0.29, 0.717) is 70.6 Å². The van der Waals surface area contributed by atoms with Crippen LogP contribution in [0.5, 0.6) is 11.8 Å². The van der Waals surface area contributed by atoms with Crippen molar-refractivity contribution in [2.24, 2.45) is 5.92 Å². The maximum absolute atomic E-state index is 17.9. The molecule has 3 saturated heterocycles. The first-order valence-corrected chi connectivity index (χ1v) is 26.2. The zero-order valence-corrected chi connectivity index (χ0v) is 42.3. The summed E-state index contributed by atoms with van der Waals surface area (Å²) in [7, 11) is -0.824. The van der Waals surface area contributed by atoms with E-state index < -0.39 is 31.3 Å². The lowest BCUT2D eigenvalue weighted by Crippen LogP contribution is -2.57. The Bertz CT molecular complexity index is 2500. The number of amides is 1. The number of pyridine rings is 1. The Morgan fingerprint density at radius 1 is 0.941 bits per heavy atom. The number of ether oxygens (including phenoxy) is 5. The zero-order valence-electron chi connectivity index (χ0n) is 41.3. The van der Waals surface area contributed by atoms with Crippen LogP contribution in [-0.2, 0) is 19.0 Å². The molecule has 0 aliphatic carbocycles. The average Bonchev–Trinajstić information content (AvgIpc) is 3.55. The predicted molar refractivity (Wildman–Crippen MR) is 261 cm³/mol. The van der Waals surface area contributed by atoms with Crippen molar-refractivity contribution in [1.82, 2.24) is 24.8 Å². The van der Waals surface area contributed by atoms with Gasteiger partial charge in [0, 0.05) is 43.9 Å². The number of rotatable bonds is 16. The highest BCUT2D eigenvalue weighted by atomic mass is 28.3. The highest BCUT2D eigenvalue weighted by Crippen LogP contribution is 2.43. The van der Waals surface area contributed by atoms with Crippen molar-refractivity contribution in [3.8, 4) is 34.5 Å². The first-order valence-electron chi connectivity index (χ1n) is 24.0. The van der Waals surface area contributed by atoms with E-state index in [0.717, 1.165) is 38.8 Å². The van der Waals surface area contributed by atoms with E-state index in [1.807, 2.05) is 25.7 Å². The molecule has 14 nitrogen and oxygen atoms in total. The van der Waals surface area contributed by atoms with Crippen LogP contribution in [0.15, 0.2) is 30.5 Å². The van der Waals surface area contributed by atoms with Gasteiger partial charge in [-0.2, -0.15) is 9.97 Å². The molecule has 2 bridgehead atoms. The number of carboxylic acid groups (broad SMARTS) is 1. The van der Waals surface area contributed by atoms with Crippen LogP contribution in [0, 0.1) is 29.0 Å². The summed E-state index contributed by atoms with van der Waals surface area (Å²) in [6, 6.07) is 6.12. The van der Waals surface area contributed by atoms with Crippen molar-refractivity contribution in [2.45, 2.75) is 122 Å². The number of aliphatic carboxylic acids is 1. The van der Waals surface area contributed by atoms with E-state index in [1.54, 1.807) is 24.4 Å². The van der Waals surface area contributed by atoms with E-state index >= 15 is 8.78 Å². The molecule has 3 aliphatic heterocycles. The largest absolute Gasteiger partial charge is 0.480 e. The fourth-order valence-corrected chi connectivity index (χ4v) is 15.9. The smallest absolute Gasteiger partial charge is 0.410 e. The number of fused-ring (bicyclic) bond motifs is 4. The minimum absolute atomic E-state index is 0.0144. The number of carbonyl (C=O) groups is 2. The molecular formula is C51H68F2N6O8Si. The van der Waals surface area contributed by atoms with E-state index in [9.17, 15) is 9.59 Å². The third kappa shape index (κ3) is 11.0. The molecule has 4 aromatic rings. The van der Waals surface area contributed by atoms with Crippen molar-refractivity contribution in [3.05, 3.63) is 47.7 Å². The van der Waals surface area contributed by atoms with Crippen LogP contribution in [0.2, 0.25) is 16.6 Å². The van der Waals surface area contributed by atoms with Gasteiger partial charge < -0.3 is 33.7 Å². The standard InChI is InChI=1S/C51H68F2N6O8Si/c1-31(2)68(32(3)4,33(5)6)22-17-39-42(52)14-11-35-23-38(66-30-63-10)24-40(44(35)39)46-45(53)47-41(25-54-46)48(58-26-36-12-13-37(27-58)59(36)50(62)67-51(7,8)9)56-49(55-47)65-21-20-57-18-15-34(16-19-57)28-64-29-43(60)61/h11,14,23-25,31-34,36-37H,12-13,15-16,18-21,26-30H2,1-10H3,(H,60,61). The molecule has 3 aliphatic rings. The van der Waals surface area contributed by atoms with Crippen LogP contribution in [0.3, 0.4) is 0 Å². The van der Waals surface area contributed by atoms with E-state index in [-0.39, 0.29) is 72.4 Å². The molecule has 68 heavy (non-hydrogen) atoms. The number of piperidine rings is 1. The lowest BCUT2D eigenvalue weighted by atomic mass is 9.95. The summed E-state index contributed by atoms with van der Waals surface area (Å²) in [6.07, 6.45) is 4.47. The molecule has 1 N–H and O–H groups in total. The molecule has 5 heterocycles. The Morgan fingerprint density at radius 2 is 1.62 bits per heavy atom. The maximum Gasteiger partial charge on any atom is 0.410 e. The quantitative estimate of drug-likeness (QED) is 0.0646. The molecule has 1 amide bonds. The number of benzene rings is 2. The summed E-state index contributed by atoms with van der Waals surface area (Å²) in [5.41, 5.74) is 4.27. The number of carboxylic acids is 1. The number of likely N-dealkylation sites (tertiary alicyclic amines) is 1. The van der Waals surface area contributed by atoms with Gasteiger partial charge in [-0.1, -0.05) is 53.5 Å². The summed E-state index contributed by atoms with van der Waals surface area (Å²) >= 11 is 0. The zero-order chi connectivity index (χ0) is 49.1. The van der Waals surface area contributed by atoms with Gasteiger partial charge in [-0.25, -0.2) is 18.4 Å². The second-order valence-electron chi connectivity index (χ2n) is 20.4. The number of hydrogen-bond donors (Lipinski definition) is 1. The summed E-state index contributed by atoms with van der Waals surface area (Å²) in [5.74, 6) is 2.16. The normalized spacial score (nSPS) is 18.2. The van der Waals surface area contributed by atoms with Gasteiger partial charge in [-0.15, -0.1) is 5.54 Å². The second kappa shape index (κ2) is 21.2. The van der Waals surface area contributed by atoms with Gasteiger partial charge in [-0.05, 0) is 106 Å². The first kappa shape index (κ1) is 50.7. The third-order valence-corrected chi connectivity index (χ3v) is 20.2. The molecular weight excluding hydrogens is 891 g/mol. The summed E-state index contributed by atoms with van der Waals surface area (Å²) in [6.45, 7) is 22.0. The van der Waals surface area contributed by atoms with Crippen molar-refractivity contribution in [2.75, 3.05) is 71.3 Å². The molecule has 3 fully saturated rings. The van der Waals surface area contributed by atoms with Gasteiger partial charge in [0.2, 0.25) is 0 Å². The Labute approximate surface area is 400 Å². The topological polar surface area (TPSA) is 149 Å². The molecule has 0 saturated carbocycles. The molecule has 0 radical (unpaired) electrons. The summed E-state index contributed by atoms with van der Waals surface area (Å²) < 4.78 is 62.9. The number of carbonyl (C=O) groups excluding carboxylic acids is 1. The van der Waals surface area contributed by atoms with Crippen LogP contribution in [-0.4, -0.2) is 134 Å². The first-order chi connectivity index (χ1) is 32.3. The molecule has 17 heteroatoms. The number of methoxy groups -OCH3 is 1. The molecule has 2 atom stereocenters. The van der Waals surface area contributed by atoms with Crippen LogP contribution >= 0.6 is 0 Å². The third-order valence-electron chi connectivity index (χ3n) is 13.9. The van der Waals surface area contributed by atoms with Crippen LogP contribution in [0.4, 0.5) is 19.4 Å². The SMILES string of the molecule is COCOc1cc(-c2ncc3c(N4CC5CCC(C4)N5C(=O)OC(C)(C)C)nc(OCCN4CCC(COCC(=O)O)CC4)nc3c2F)c2c(C#C[Si](C(C)C)(C(C)C)C(C)C)c(F)ccc2c1. The molecule has 2 unspecified atom stereocenters. The van der Waals surface area contributed by atoms with Gasteiger partial charge in [0.25, 0.3) is 0 Å². The highest BCUT2D eigenvalue weighted by molar-refractivity contribution is 6.90. The average molecular weight is 959 g/mol. The van der Waals surface area contributed by atoms with Gasteiger partial charge in [-0.3, -0.25) is 14.8 Å². The molecule has 368 valence electrons. The summed E-state index contributed by atoms with van der Waals surface area (Å²) in [5, 5.41) is 10.3. The fourth-order valence-electron chi connectivity index (χ4n) is 10.7. The maximum atomic E-state index is 17.9. The van der Waals surface area contributed by atoms with Crippen LogP contribution in [0.25, 0.3) is 32.9 Å². The highest BCUT2D eigenvalue weighted by Gasteiger charge is 2.45. The molecule has 7 rings (SSSR count). The summed E-state index contributed by atoms with van der Waals surface area (Å²) in [4.78, 5) is 44.9. The number of piperazine rings is 1. The lowest BCUT2D eigenvalue weighted by molar-refractivity contribution is -0.142. The van der Waals surface area contributed by atoms with E-state index in [1.165, 1.54) is 13.2 Å². The van der Waals surface area contributed by atoms with Crippen LogP contribution in [0.1, 0.15) is 93.6 Å². The Kier molecular flexibility index (Phi) is 15.8. The van der Waals surface area contributed by atoms with Crippen LogP contribution < -0.4 is 14.4 Å². The minimum Gasteiger partial charge on any atom is -0.480 e. The Balaban J connectivity index is 1.31. The number of anilines is 1. The van der Waals surface area contributed by atoms with E-state index in [4.69, 9.17) is 43.7 Å². The Hall–Kier alpha value is -5.15. The monoisotopic (exact) mass is 958 g/mol. The fraction of sp³-hybridized carbons (Fsp3) is 0.588. The van der Waals surface area contributed by atoms with Crippen molar-refractivity contribution >= 4 is 47.6 Å². The van der Waals surface area contributed by atoms with Crippen molar-refractivity contribution < 1.29 is 47.2 Å². The van der Waals surface area contributed by atoms with Gasteiger partial charge in [0.15, 0.2) is 12.6 Å². The minimum atomic E-state index is -2.33.